The Balaban J connectivity index is 1.41. The zero-order valence-corrected chi connectivity index (χ0v) is 19.5. The molecule has 8 heteroatoms. The molecule has 1 aliphatic heterocycles. The summed E-state index contributed by atoms with van der Waals surface area (Å²) in [6.07, 6.45) is 6.03. The third-order valence-electron chi connectivity index (χ3n) is 6.06. The smallest absolute Gasteiger partial charge is 0.306 e. The van der Waals surface area contributed by atoms with Crippen LogP contribution in [0, 0.1) is 11.8 Å². The monoisotopic (exact) mass is 461 g/mol. The van der Waals surface area contributed by atoms with E-state index in [4.69, 9.17) is 26.2 Å². The molecule has 1 unspecified atom stereocenters. The van der Waals surface area contributed by atoms with Gasteiger partial charge in [0.15, 0.2) is 0 Å². The molecule has 1 aromatic carbocycles. The van der Waals surface area contributed by atoms with Crippen LogP contribution in [-0.4, -0.2) is 47.3 Å². The Kier molecular flexibility index (Phi) is 9.11. The average molecular weight is 462 g/mol. The van der Waals surface area contributed by atoms with E-state index in [2.05, 4.69) is 21.8 Å². The van der Waals surface area contributed by atoms with E-state index in [1.54, 1.807) is 12.4 Å². The number of nitrogens with zero attached hydrogens (tertiary/aromatic N) is 3. The molecule has 2 atom stereocenters. The maximum atomic E-state index is 11.0. The Morgan fingerprint density at radius 3 is 2.47 bits per heavy atom. The lowest BCUT2D eigenvalue weighted by Crippen LogP contribution is -2.36. The van der Waals surface area contributed by atoms with Gasteiger partial charge >= 0.3 is 5.97 Å². The van der Waals surface area contributed by atoms with Crippen LogP contribution in [0.4, 0.5) is 5.95 Å². The van der Waals surface area contributed by atoms with E-state index >= 15 is 0 Å². The minimum absolute atomic E-state index is 0.0471. The highest BCUT2D eigenvalue weighted by molar-refractivity contribution is 6.30. The lowest BCUT2D eigenvalue weighted by atomic mass is 9.84. The Labute approximate surface area is 194 Å². The maximum absolute atomic E-state index is 11.0. The number of rotatable bonds is 11. The summed E-state index contributed by atoms with van der Waals surface area (Å²) in [5.41, 5.74) is 0.853. The topological polar surface area (TPSA) is 84.8 Å². The summed E-state index contributed by atoms with van der Waals surface area (Å²) in [5.74, 6) is 1.90. The SMILES string of the molecule is CCOC(CC(=O)O)c1ccc(OCC[C@@H](C)C2CCN(c3ncc(Cl)cn3)CC2)cc1. The van der Waals surface area contributed by atoms with Gasteiger partial charge in [-0.25, -0.2) is 9.97 Å². The van der Waals surface area contributed by atoms with Crippen molar-refractivity contribution in [2.75, 3.05) is 31.2 Å². The molecule has 0 amide bonds. The molecule has 174 valence electrons. The first-order valence-electron chi connectivity index (χ1n) is 11.2. The first-order chi connectivity index (χ1) is 15.5. The number of hydrogen-bond donors (Lipinski definition) is 1. The van der Waals surface area contributed by atoms with Crippen LogP contribution in [0.25, 0.3) is 0 Å². The van der Waals surface area contributed by atoms with Crippen LogP contribution in [0.3, 0.4) is 0 Å². The molecule has 2 heterocycles. The van der Waals surface area contributed by atoms with Gasteiger partial charge < -0.3 is 19.5 Å². The number of piperidine rings is 1. The Morgan fingerprint density at radius 2 is 1.88 bits per heavy atom. The zero-order chi connectivity index (χ0) is 22.9. The normalized spacial score (nSPS) is 16.5. The highest BCUT2D eigenvalue weighted by Crippen LogP contribution is 2.29. The maximum Gasteiger partial charge on any atom is 0.306 e. The summed E-state index contributed by atoms with van der Waals surface area (Å²) < 4.78 is 11.5. The minimum Gasteiger partial charge on any atom is -0.494 e. The van der Waals surface area contributed by atoms with Gasteiger partial charge in [0.25, 0.3) is 0 Å². The van der Waals surface area contributed by atoms with Crippen molar-refractivity contribution in [3.63, 3.8) is 0 Å². The average Bonchev–Trinajstić information content (AvgIpc) is 2.79. The second-order valence-corrected chi connectivity index (χ2v) is 8.69. The molecule has 1 aromatic heterocycles. The van der Waals surface area contributed by atoms with E-state index in [9.17, 15) is 4.79 Å². The van der Waals surface area contributed by atoms with Gasteiger partial charge in [0.2, 0.25) is 5.95 Å². The summed E-state index contributed by atoms with van der Waals surface area (Å²) in [6.45, 7) is 7.20. The molecule has 1 N–H and O–H groups in total. The number of carboxylic acid groups (broad SMARTS) is 1. The molecular weight excluding hydrogens is 430 g/mol. The van der Waals surface area contributed by atoms with E-state index in [1.807, 2.05) is 31.2 Å². The number of hydrogen-bond acceptors (Lipinski definition) is 6. The number of ether oxygens (including phenoxy) is 2. The van der Waals surface area contributed by atoms with Gasteiger partial charge in [0, 0.05) is 19.7 Å². The highest BCUT2D eigenvalue weighted by atomic mass is 35.5. The lowest BCUT2D eigenvalue weighted by Gasteiger charge is -2.34. The molecule has 2 aromatic rings. The van der Waals surface area contributed by atoms with Crippen molar-refractivity contribution in [1.82, 2.24) is 9.97 Å². The van der Waals surface area contributed by atoms with Crippen molar-refractivity contribution in [1.29, 1.82) is 0 Å². The van der Waals surface area contributed by atoms with Crippen LogP contribution in [0.5, 0.6) is 5.75 Å². The van der Waals surface area contributed by atoms with E-state index in [1.165, 1.54) is 0 Å². The Bertz CT molecular complexity index is 839. The van der Waals surface area contributed by atoms with Gasteiger partial charge in [-0.05, 0) is 55.7 Å². The van der Waals surface area contributed by atoms with Gasteiger partial charge in [0.1, 0.15) is 5.75 Å². The number of carbonyl (C=O) groups is 1. The molecule has 32 heavy (non-hydrogen) atoms. The molecular formula is C24H32ClN3O4. The number of benzene rings is 1. The third-order valence-corrected chi connectivity index (χ3v) is 6.25. The number of halogens is 1. The largest absolute Gasteiger partial charge is 0.494 e. The van der Waals surface area contributed by atoms with Crippen molar-refractivity contribution >= 4 is 23.5 Å². The van der Waals surface area contributed by atoms with Crippen molar-refractivity contribution < 1.29 is 19.4 Å². The molecule has 1 aliphatic rings. The number of carboxylic acids is 1. The fourth-order valence-corrected chi connectivity index (χ4v) is 4.24. The van der Waals surface area contributed by atoms with E-state index in [0.29, 0.717) is 30.1 Å². The molecule has 0 bridgehead atoms. The fourth-order valence-electron chi connectivity index (χ4n) is 4.15. The standard InChI is InChI=1S/C24H32ClN3O4/c1-3-31-22(14-23(29)30)19-4-6-21(7-5-19)32-13-10-17(2)18-8-11-28(12-9-18)24-26-15-20(25)16-27-24/h4-7,15-18,22H,3,8-14H2,1-2H3,(H,29,30)/t17-,22?/m1/s1. The van der Waals surface area contributed by atoms with Crippen LogP contribution >= 0.6 is 11.6 Å². The first-order valence-corrected chi connectivity index (χ1v) is 11.6. The number of anilines is 1. The van der Waals surface area contributed by atoms with Crippen LogP contribution in [-0.2, 0) is 9.53 Å². The molecule has 3 rings (SSSR count). The summed E-state index contributed by atoms with van der Waals surface area (Å²) in [5, 5.41) is 9.62. The van der Waals surface area contributed by atoms with Gasteiger partial charge in [-0.3, -0.25) is 4.79 Å². The molecule has 1 fully saturated rings. The summed E-state index contributed by atoms with van der Waals surface area (Å²) in [7, 11) is 0. The van der Waals surface area contributed by atoms with Crippen molar-refractivity contribution in [3.8, 4) is 5.75 Å². The van der Waals surface area contributed by atoms with Crippen LogP contribution in [0.15, 0.2) is 36.7 Å². The molecule has 0 radical (unpaired) electrons. The lowest BCUT2D eigenvalue weighted by molar-refractivity contribution is -0.140. The third kappa shape index (κ3) is 7.07. The number of aromatic nitrogens is 2. The van der Waals surface area contributed by atoms with Crippen molar-refractivity contribution in [3.05, 3.63) is 47.2 Å². The second kappa shape index (κ2) is 12.0. The van der Waals surface area contributed by atoms with Crippen molar-refractivity contribution in [2.24, 2.45) is 11.8 Å². The summed E-state index contributed by atoms with van der Waals surface area (Å²) >= 11 is 5.88. The Morgan fingerprint density at radius 1 is 1.22 bits per heavy atom. The predicted octanol–water partition coefficient (Wildman–Crippen LogP) is 5.00. The van der Waals surface area contributed by atoms with Crippen LogP contribution < -0.4 is 9.64 Å². The second-order valence-electron chi connectivity index (χ2n) is 8.25. The number of aliphatic carboxylic acids is 1. The summed E-state index contributed by atoms with van der Waals surface area (Å²) in [4.78, 5) is 21.9. The Hall–Kier alpha value is -2.38. The molecule has 7 nitrogen and oxygen atoms in total. The van der Waals surface area contributed by atoms with E-state index in [0.717, 1.165) is 49.6 Å². The van der Waals surface area contributed by atoms with Crippen LogP contribution in [0.2, 0.25) is 5.02 Å². The minimum atomic E-state index is -0.871. The zero-order valence-electron chi connectivity index (χ0n) is 18.7. The van der Waals surface area contributed by atoms with Gasteiger partial charge in [-0.2, -0.15) is 0 Å². The predicted molar refractivity (Wildman–Crippen MR) is 124 cm³/mol. The fraction of sp³-hybridized carbons (Fsp3) is 0.542. The molecule has 0 spiro atoms. The summed E-state index contributed by atoms with van der Waals surface area (Å²) in [6, 6.07) is 7.55. The van der Waals surface area contributed by atoms with Gasteiger partial charge in [0.05, 0.1) is 36.5 Å². The van der Waals surface area contributed by atoms with E-state index < -0.39 is 12.1 Å². The quantitative estimate of drug-likeness (QED) is 0.503. The molecule has 0 aliphatic carbocycles. The van der Waals surface area contributed by atoms with Gasteiger partial charge in [-0.15, -0.1) is 0 Å². The highest BCUT2D eigenvalue weighted by Gasteiger charge is 2.25. The molecule has 0 saturated carbocycles. The van der Waals surface area contributed by atoms with Gasteiger partial charge in [-0.1, -0.05) is 30.7 Å². The first kappa shape index (κ1) is 24.3. The van der Waals surface area contributed by atoms with E-state index in [-0.39, 0.29) is 6.42 Å². The van der Waals surface area contributed by atoms with Crippen LogP contribution in [0.1, 0.15) is 51.2 Å². The molecule has 1 saturated heterocycles. The van der Waals surface area contributed by atoms with Crippen molar-refractivity contribution in [2.45, 2.75) is 45.6 Å².